The van der Waals surface area contributed by atoms with Gasteiger partial charge in [0, 0.05) is 23.7 Å². The van der Waals surface area contributed by atoms with Crippen LogP contribution >= 0.6 is 11.8 Å². The number of carboxylic acids is 1. The Labute approximate surface area is 125 Å². The Bertz CT molecular complexity index is 655. The van der Waals surface area contributed by atoms with Crippen LogP contribution in [0.15, 0.2) is 42.7 Å². The van der Waals surface area contributed by atoms with Gasteiger partial charge in [0.1, 0.15) is 6.04 Å². The maximum atomic E-state index is 12.4. The second-order valence-electron chi connectivity index (χ2n) is 4.63. The molecule has 2 aromatic rings. The van der Waals surface area contributed by atoms with Gasteiger partial charge in [-0.3, -0.25) is 4.79 Å². The molecule has 1 N–H and O–H groups in total. The van der Waals surface area contributed by atoms with Crippen molar-refractivity contribution in [2.45, 2.75) is 6.04 Å². The summed E-state index contributed by atoms with van der Waals surface area (Å²) in [6.45, 7) is 0. The molecule has 0 saturated carbocycles. The summed E-state index contributed by atoms with van der Waals surface area (Å²) in [6.07, 6.45) is 3.49. The number of carboxylic acid groups (broad SMARTS) is 1. The molecule has 2 heterocycles. The summed E-state index contributed by atoms with van der Waals surface area (Å²) in [5.41, 5.74) is 1.33. The lowest BCUT2D eigenvalue weighted by molar-refractivity contribution is -0.140. The van der Waals surface area contributed by atoms with Gasteiger partial charge in [-0.25, -0.2) is 9.48 Å². The van der Waals surface area contributed by atoms with E-state index in [4.69, 9.17) is 5.11 Å². The average Bonchev–Trinajstić information content (AvgIpc) is 3.18. The van der Waals surface area contributed by atoms with E-state index in [1.54, 1.807) is 35.1 Å². The third-order valence-corrected chi connectivity index (χ3v) is 4.32. The predicted molar refractivity (Wildman–Crippen MR) is 78.5 cm³/mol. The molecule has 1 atom stereocenters. The first-order valence-corrected chi connectivity index (χ1v) is 7.54. The van der Waals surface area contributed by atoms with Gasteiger partial charge in [-0.05, 0) is 30.3 Å². The highest BCUT2D eigenvalue weighted by Crippen LogP contribution is 2.23. The van der Waals surface area contributed by atoms with E-state index in [2.05, 4.69) is 5.10 Å². The fraction of sp³-hybridized carbons (Fsp3) is 0.214. The minimum atomic E-state index is -0.957. The monoisotopic (exact) mass is 303 g/mol. The molecule has 0 radical (unpaired) electrons. The van der Waals surface area contributed by atoms with Gasteiger partial charge in [-0.1, -0.05) is 0 Å². The summed E-state index contributed by atoms with van der Waals surface area (Å²) in [6, 6.07) is 8.05. The number of nitrogens with zero attached hydrogens (tertiary/aromatic N) is 3. The number of aromatic nitrogens is 2. The van der Waals surface area contributed by atoms with Crippen molar-refractivity contribution in [1.82, 2.24) is 14.7 Å². The van der Waals surface area contributed by atoms with Crippen molar-refractivity contribution in [3.63, 3.8) is 0 Å². The maximum absolute atomic E-state index is 12.4. The topological polar surface area (TPSA) is 75.4 Å². The van der Waals surface area contributed by atoms with Crippen molar-refractivity contribution in [1.29, 1.82) is 0 Å². The number of carbonyl (C=O) groups excluding carboxylic acids is 1. The van der Waals surface area contributed by atoms with E-state index >= 15 is 0 Å². The highest BCUT2D eigenvalue weighted by atomic mass is 32.2. The number of thioether (sulfide) groups is 1. The molecular formula is C14H13N3O3S. The Hall–Kier alpha value is -2.28. The summed E-state index contributed by atoms with van der Waals surface area (Å²) < 4.78 is 1.69. The zero-order valence-corrected chi connectivity index (χ0v) is 11.9. The highest BCUT2D eigenvalue weighted by molar-refractivity contribution is 7.99. The van der Waals surface area contributed by atoms with Gasteiger partial charge in [0.05, 0.1) is 11.6 Å². The smallest absolute Gasteiger partial charge is 0.327 e. The number of carbonyl (C=O) groups is 2. The van der Waals surface area contributed by atoms with Gasteiger partial charge in [0.15, 0.2) is 0 Å². The second kappa shape index (κ2) is 5.61. The number of rotatable bonds is 3. The molecule has 0 spiro atoms. The molecule has 1 aliphatic heterocycles. The van der Waals surface area contributed by atoms with E-state index in [0.717, 1.165) is 5.69 Å². The van der Waals surface area contributed by atoms with Crippen LogP contribution in [0.5, 0.6) is 0 Å². The van der Waals surface area contributed by atoms with Crippen molar-refractivity contribution in [3.05, 3.63) is 48.3 Å². The van der Waals surface area contributed by atoms with E-state index in [9.17, 15) is 9.59 Å². The molecule has 1 amide bonds. The SMILES string of the molecule is O=C(O)C1CSCN1C(=O)c1ccc(-n2cccn2)cc1. The van der Waals surface area contributed by atoms with E-state index in [1.165, 1.54) is 16.7 Å². The van der Waals surface area contributed by atoms with Crippen LogP contribution in [0.1, 0.15) is 10.4 Å². The summed E-state index contributed by atoms with van der Waals surface area (Å²) in [5.74, 6) is -0.357. The molecule has 21 heavy (non-hydrogen) atoms. The lowest BCUT2D eigenvalue weighted by atomic mass is 10.1. The largest absolute Gasteiger partial charge is 0.480 e. The standard InChI is InChI=1S/C14H13N3O3S/c18-13(16-9-21-8-12(16)14(19)20)10-2-4-11(5-3-10)17-7-1-6-15-17/h1-7,12H,8-9H2,(H,19,20). The van der Waals surface area contributed by atoms with Crippen LogP contribution in [-0.2, 0) is 4.79 Å². The number of benzene rings is 1. The molecular weight excluding hydrogens is 290 g/mol. The van der Waals surface area contributed by atoms with Crippen molar-refractivity contribution < 1.29 is 14.7 Å². The second-order valence-corrected chi connectivity index (χ2v) is 5.63. The Morgan fingerprint density at radius 3 is 2.67 bits per heavy atom. The minimum Gasteiger partial charge on any atom is -0.480 e. The Morgan fingerprint density at radius 2 is 2.05 bits per heavy atom. The summed E-state index contributed by atoms with van der Waals surface area (Å²) in [5, 5.41) is 13.2. The number of amides is 1. The van der Waals surface area contributed by atoms with E-state index in [0.29, 0.717) is 17.2 Å². The van der Waals surface area contributed by atoms with Gasteiger partial charge in [0.25, 0.3) is 5.91 Å². The van der Waals surface area contributed by atoms with Crippen LogP contribution in [0.2, 0.25) is 0 Å². The van der Waals surface area contributed by atoms with Crippen LogP contribution in [0.3, 0.4) is 0 Å². The first kappa shape index (κ1) is 13.7. The van der Waals surface area contributed by atoms with Crippen LogP contribution in [0, 0.1) is 0 Å². The van der Waals surface area contributed by atoms with E-state index in [1.807, 2.05) is 12.3 Å². The quantitative estimate of drug-likeness (QED) is 0.929. The van der Waals surface area contributed by atoms with Crippen LogP contribution < -0.4 is 0 Å². The van der Waals surface area contributed by atoms with Crippen molar-refractivity contribution in [2.75, 3.05) is 11.6 Å². The first-order valence-electron chi connectivity index (χ1n) is 6.38. The molecule has 6 nitrogen and oxygen atoms in total. The molecule has 7 heteroatoms. The van der Waals surface area contributed by atoms with Gasteiger partial charge in [-0.15, -0.1) is 11.8 Å². The van der Waals surface area contributed by atoms with Gasteiger partial charge < -0.3 is 10.0 Å². The molecule has 108 valence electrons. The minimum absolute atomic E-state index is 0.251. The summed E-state index contributed by atoms with van der Waals surface area (Å²) >= 11 is 1.45. The molecule has 1 aliphatic rings. The molecule has 1 saturated heterocycles. The third-order valence-electron chi connectivity index (χ3n) is 3.31. The number of hydrogen-bond donors (Lipinski definition) is 1. The molecule has 0 bridgehead atoms. The van der Waals surface area contributed by atoms with Crippen LogP contribution in [0.25, 0.3) is 5.69 Å². The predicted octanol–water partition coefficient (Wildman–Crippen LogP) is 1.47. The van der Waals surface area contributed by atoms with Gasteiger partial charge in [-0.2, -0.15) is 5.10 Å². The summed E-state index contributed by atoms with van der Waals surface area (Å²) in [4.78, 5) is 24.9. The van der Waals surface area contributed by atoms with Crippen LogP contribution in [-0.4, -0.2) is 49.3 Å². The molecule has 1 unspecified atom stereocenters. The van der Waals surface area contributed by atoms with E-state index in [-0.39, 0.29) is 5.91 Å². The van der Waals surface area contributed by atoms with Crippen molar-refractivity contribution in [2.24, 2.45) is 0 Å². The highest BCUT2D eigenvalue weighted by Gasteiger charge is 2.34. The normalized spacial score (nSPS) is 17.9. The third kappa shape index (κ3) is 2.64. The Morgan fingerprint density at radius 1 is 1.29 bits per heavy atom. The Kier molecular flexibility index (Phi) is 3.66. The zero-order valence-electron chi connectivity index (χ0n) is 11.0. The fourth-order valence-corrected chi connectivity index (χ4v) is 3.34. The lowest BCUT2D eigenvalue weighted by Crippen LogP contribution is -2.41. The van der Waals surface area contributed by atoms with Crippen molar-refractivity contribution in [3.8, 4) is 5.69 Å². The van der Waals surface area contributed by atoms with E-state index < -0.39 is 12.0 Å². The fourth-order valence-electron chi connectivity index (χ4n) is 2.19. The first-order chi connectivity index (χ1) is 10.2. The zero-order chi connectivity index (χ0) is 14.8. The Balaban J connectivity index is 1.80. The van der Waals surface area contributed by atoms with Crippen LogP contribution in [0.4, 0.5) is 0 Å². The summed E-state index contributed by atoms with van der Waals surface area (Å²) in [7, 11) is 0. The average molecular weight is 303 g/mol. The molecule has 0 aliphatic carbocycles. The molecule has 3 rings (SSSR count). The molecule has 1 fully saturated rings. The van der Waals surface area contributed by atoms with Gasteiger partial charge >= 0.3 is 5.97 Å². The number of hydrogen-bond acceptors (Lipinski definition) is 4. The van der Waals surface area contributed by atoms with Gasteiger partial charge in [0.2, 0.25) is 0 Å². The maximum Gasteiger partial charge on any atom is 0.327 e. The molecule has 1 aromatic heterocycles. The lowest BCUT2D eigenvalue weighted by Gasteiger charge is -2.20. The number of aliphatic carboxylic acids is 1. The molecule has 1 aromatic carbocycles. The van der Waals surface area contributed by atoms with Crippen molar-refractivity contribution >= 4 is 23.6 Å².